The van der Waals surface area contributed by atoms with Crippen molar-refractivity contribution in [2.75, 3.05) is 17.3 Å². The van der Waals surface area contributed by atoms with Crippen molar-refractivity contribution in [2.24, 2.45) is 0 Å². The Bertz CT molecular complexity index is 423. The fourth-order valence-corrected chi connectivity index (χ4v) is 3.96. The molecule has 1 saturated carbocycles. The van der Waals surface area contributed by atoms with Crippen molar-refractivity contribution in [1.82, 2.24) is 0 Å². The van der Waals surface area contributed by atoms with Gasteiger partial charge in [0.15, 0.2) is 0 Å². The molecule has 2 nitrogen and oxygen atoms in total. The molecule has 0 radical (unpaired) electrons. The van der Waals surface area contributed by atoms with Crippen LogP contribution in [0.25, 0.3) is 0 Å². The second kappa shape index (κ2) is 6.20. The average Bonchev–Trinajstić information content (AvgIpc) is 2.36. The SMILES string of the molecule is CSC1CCCCC1Nc1cc(C)c(N)cc1Br. The minimum atomic E-state index is 0.577. The van der Waals surface area contributed by atoms with Crippen molar-refractivity contribution in [1.29, 1.82) is 0 Å². The molecule has 0 aliphatic heterocycles. The molecule has 100 valence electrons. The predicted molar refractivity (Wildman–Crippen MR) is 86.5 cm³/mol. The molecule has 1 aliphatic rings. The average molecular weight is 329 g/mol. The molecular formula is C14H21BrN2S. The number of hydrogen-bond acceptors (Lipinski definition) is 3. The summed E-state index contributed by atoms with van der Waals surface area (Å²) in [7, 11) is 0. The summed E-state index contributed by atoms with van der Waals surface area (Å²) in [6.45, 7) is 2.06. The van der Waals surface area contributed by atoms with E-state index in [1.807, 2.05) is 17.8 Å². The Morgan fingerprint density at radius 1 is 1.33 bits per heavy atom. The van der Waals surface area contributed by atoms with Gasteiger partial charge in [0.1, 0.15) is 0 Å². The molecule has 3 N–H and O–H groups in total. The molecule has 1 fully saturated rings. The highest BCUT2D eigenvalue weighted by molar-refractivity contribution is 9.10. The first-order valence-corrected chi connectivity index (χ1v) is 8.55. The maximum absolute atomic E-state index is 5.91. The Labute approximate surface area is 122 Å². The monoisotopic (exact) mass is 328 g/mol. The highest BCUT2D eigenvalue weighted by Gasteiger charge is 2.24. The molecule has 1 aliphatic carbocycles. The summed E-state index contributed by atoms with van der Waals surface area (Å²) < 4.78 is 1.07. The van der Waals surface area contributed by atoms with Crippen LogP contribution in [-0.4, -0.2) is 17.5 Å². The third-order valence-corrected chi connectivity index (χ3v) is 5.53. The Balaban J connectivity index is 2.15. The largest absolute Gasteiger partial charge is 0.398 e. The molecule has 0 bridgehead atoms. The fourth-order valence-electron chi connectivity index (χ4n) is 2.55. The Morgan fingerprint density at radius 3 is 2.78 bits per heavy atom. The van der Waals surface area contributed by atoms with E-state index in [4.69, 9.17) is 5.73 Å². The number of anilines is 2. The number of thioether (sulfide) groups is 1. The van der Waals surface area contributed by atoms with Gasteiger partial charge in [0, 0.05) is 27.1 Å². The van der Waals surface area contributed by atoms with Crippen LogP contribution in [0.2, 0.25) is 0 Å². The van der Waals surface area contributed by atoms with Gasteiger partial charge in [-0.3, -0.25) is 0 Å². The van der Waals surface area contributed by atoms with Gasteiger partial charge in [-0.2, -0.15) is 11.8 Å². The minimum absolute atomic E-state index is 0.577. The number of rotatable bonds is 3. The summed E-state index contributed by atoms with van der Waals surface area (Å²) in [5.74, 6) is 0. The van der Waals surface area contributed by atoms with Gasteiger partial charge in [0.25, 0.3) is 0 Å². The van der Waals surface area contributed by atoms with Crippen molar-refractivity contribution < 1.29 is 0 Å². The van der Waals surface area contributed by atoms with Crippen LogP contribution >= 0.6 is 27.7 Å². The smallest absolute Gasteiger partial charge is 0.0491 e. The van der Waals surface area contributed by atoms with Crippen LogP contribution in [0.3, 0.4) is 0 Å². The number of nitrogen functional groups attached to an aromatic ring is 1. The first kappa shape index (κ1) is 14.1. The predicted octanol–water partition coefficient (Wildman–Crippen LogP) is 4.43. The molecular weight excluding hydrogens is 308 g/mol. The first-order valence-electron chi connectivity index (χ1n) is 6.46. The maximum atomic E-state index is 5.91. The molecule has 2 atom stereocenters. The summed E-state index contributed by atoms with van der Waals surface area (Å²) in [4.78, 5) is 0. The summed E-state index contributed by atoms with van der Waals surface area (Å²) in [6.07, 6.45) is 7.51. The number of nitrogens with one attached hydrogen (secondary N) is 1. The van der Waals surface area contributed by atoms with Crippen molar-refractivity contribution in [3.63, 3.8) is 0 Å². The summed E-state index contributed by atoms with van der Waals surface area (Å²) in [5, 5.41) is 4.42. The van der Waals surface area contributed by atoms with Gasteiger partial charge in [0.05, 0.1) is 0 Å². The van der Waals surface area contributed by atoms with Crippen molar-refractivity contribution in [2.45, 2.75) is 43.9 Å². The molecule has 0 saturated heterocycles. The van der Waals surface area contributed by atoms with E-state index in [2.05, 4.69) is 40.5 Å². The second-order valence-electron chi connectivity index (χ2n) is 5.00. The van der Waals surface area contributed by atoms with Gasteiger partial charge in [-0.25, -0.2) is 0 Å². The Morgan fingerprint density at radius 2 is 2.06 bits per heavy atom. The van der Waals surface area contributed by atoms with Gasteiger partial charge in [-0.15, -0.1) is 0 Å². The van der Waals surface area contributed by atoms with E-state index in [1.54, 1.807) is 0 Å². The van der Waals surface area contributed by atoms with Gasteiger partial charge >= 0.3 is 0 Å². The van der Waals surface area contributed by atoms with Gasteiger partial charge < -0.3 is 11.1 Å². The lowest BCUT2D eigenvalue weighted by atomic mass is 9.94. The normalized spacial score (nSPS) is 23.9. The Hall–Kier alpha value is -0.350. The van der Waals surface area contributed by atoms with E-state index in [-0.39, 0.29) is 0 Å². The molecule has 0 spiro atoms. The lowest BCUT2D eigenvalue weighted by molar-refractivity contribution is 0.475. The lowest BCUT2D eigenvalue weighted by Gasteiger charge is -2.32. The fraction of sp³-hybridized carbons (Fsp3) is 0.571. The molecule has 4 heteroatoms. The number of hydrogen-bond donors (Lipinski definition) is 2. The van der Waals surface area contributed by atoms with Gasteiger partial charge in [-0.1, -0.05) is 12.8 Å². The summed E-state index contributed by atoms with van der Waals surface area (Å²) in [5.41, 5.74) is 9.07. The molecule has 1 aromatic carbocycles. The minimum Gasteiger partial charge on any atom is -0.398 e. The quantitative estimate of drug-likeness (QED) is 0.806. The zero-order chi connectivity index (χ0) is 13.1. The van der Waals surface area contributed by atoms with Crippen molar-refractivity contribution in [3.8, 4) is 0 Å². The molecule has 1 aromatic rings. The van der Waals surface area contributed by atoms with Crippen LogP contribution in [0, 0.1) is 6.92 Å². The van der Waals surface area contributed by atoms with Crippen LogP contribution in [0.1, 0.15) is 31.2 Å². The highest BCUT2D eigenvalue weighted by Crippen LogP contribution is 2.33. The van der Waals surface area contributed by atoms with Crippen LogP contribution < -0.4 is 11.1 Å². The van der Waals surface area contributed by atoms with Gasteiger partial charge in [-0.05, 0) is 59.6 Å². The number of nitrogens with two attached hydrogens (primary N) is 1. The molecule has 0 heterocycles. The lowest BCUT2D eigenvalue weighted by Crippen LogP contribution is -2.34. The highest BCUT2D eigenvalue weighted by atomic mass is 79.9. The van der Waals surface area contributed by atoms with E-state index >= 15 is 0 Å². The first-order chi connectivity index (χ1) is 8.61. The molecule has 2 unspecified atom stereocenters. The molecule has 2 rings (SSSR count). The third-order valence-electron chi connectivity index (χ3n) is 3.70. The number of benzene rings is 1. The van der Waals surface area contributed by atoms with Crippen LogP contribution in [0.4, 0.5) is 11.4 Å². The topological polar surface area (TPSA) is 38.0 Å². The summed E-state index contributed by atoms with van der Waals surface area (Å²) >= 11 is 5.58. The third kappa shape index (κ3) is 3.15. The van der Waals surface area contributed by atoms with Gasteiger partial charge in [0.2, 0.25) is 0 Å². The number of aryl methyl sites for hydroxylation is 1. The van der Waals surface area contributed by atoms with Crippen LogP contribution in [0.15, 0.2) is 16.6 Å². The molecule has 18 heavy (non-hydrogen) atoms. The Kier molecular flexibility index (Phi) is 4.84. The molecule has 0 aromatic heterocycles. The summed E-state index contributed by atoms with van der Waals surface area (Å²) in [6, 6.07) is 4.72. The van der Waals surface area contributed by atoms with E-state index in [0.29, 0.717) is 6.04 Å². The van der Waals surface area contributed by atoms with Crippen LogP contribution in [-0.2, 0) is 0 Å². The standard InChI is InChI=1S/C14H21BrN2S/c1-9-7-13(10(15)8-11(9)16)17-12-5-3-4-6-14(12)18-2/h7-8,12,14,17H,3-6,16H2,1-2H3. The van der Waals surface area contributed by atoms with E-state index in [0.717, 1.165) is 21.0 Å². The maximum Gasteiger partial charge on any atom is 0.0491 e. The van der Waals surface area contributed by atoms with E-state index in [9.17, 15) is 0 Å². The zero-order valence-electron chi connectivity index (χ0n) is 11.0. The van der Waals surface area contributed by atoms with E-state index in [1.165, 1.54) is 31.4 Å². The second-order valence-corrected chi connectivity index (χ2v) is 6.93. The molecule has 0 amide bonds. The zero-order valence-corrected chi connectivity index (χ0v) is 13.4. The van der Waals surface area contributed by atoms with Crippen LogP contribution in [0.5, 0.6) is 0 Å². The van der Waals surface area contributed by atoms with Crippen molar-refractivity contribution in [3.05, 3.63) is 22.2 Å². The van der Waals surface area contributed by atoms with Crippen molar-refractivity contribution >= 4 is 39.1 Å². The number of halogens is 1. The van der Waals surface area contributed by atoms with E-state index < -0.39 is 0 Å².